The van der Waals surface area contributed by atoms with Gasteiger partial charge in [-0.3, -0.25) is 4.79 Å². The van der Waals surface area contributed by atoms with E-state index in [4.69, 9.17) is 5.11 Å². The van der Waals surface area contributed by atoms with E-state index in [0.29, 0.717) is 0 Å². The van der Waals surface area contributed by atoms with Crippen molar-refractivity contribution in [3.05, 3.63) is 0 Å². The Morgan fingerprint density at radius 2 is 1.85 bits per heavy atom. The number of hydrogen-bond acceptors (Lipinski definition) is 2. The van der Waals surface area contributed by atoms with Gasteiger partial charge in [0.1, 0.15) is 6.61 Å². The molecule has 1 aliphatic carbocycles. The van der Waals surface area contributed by atoms with E-state index in [-0.39, 0.29) is 18.3 Å². The lowest BCUT2D eigenvalue weighted by Gasteiger charge is -2.29. The van der Waals surface area contributed by atoms with Crippen LogP contribution in [0.1, 0.15) is 39.5 Å². The van der Waals surface area contributed by atoms with Gasteiger partial charge in [-0.2, -0.15) is 0 Å². The van der Waals surface area contributed by atoms with E-state index in [1.807, 2.05) is 0 Å². The molecule has 0 aromatic carbocycles. The molecule has 2 nitrogen and oxygen atoms in total. The topological polar surface area (TPSA) is 37.3 Å². The van der Waals surface area contributed by atoms with Crippen LogP contribution in [-0.2, 0) is 4.79 Å². The summed E-state index contributed by atoms with van der Waals surface area (Å²) in [5.74, 6) is 1.73. The summed E-state index contributed by atoms with van der Waals surface area (Å²) in [6.07, 6.45) is 4.30. The number of hydrogen-bond donors (Lipinski definition) is 1. The van der Waals surface area contributed by atoms with Crippen molar-refractivity contribution in [2.75, 3.05) is 6.61 Å². The van der Waals surface area contributed by atoms with Crippen molar-refractivity contribution in [3.63, 3.8) is 0 Å². The largest absolute Gasteiger partial charge is 0.389 e. The first-order chi connectivity index (χ1) is 6.15. The van der Waals surface area contributed by atoms with Crippen LogP contribution in [0.5, 0.6) is 0 Å². The van der Waals surface area contributed by atoms with Crippen molar-refractivity contribution in [1.82, 2.24) is 0 Å². The third kappa shape index (κ3) is 2.80. The van der Waals surface area contributed by atoms with Crippen LogP contribution in [0.2, 0.25) is 0 Å². The molecule has 0 radical (unpaired) electrons. The van der Waals surface area contributed by atoms with Crippen LogP contribution < -0.4 is 0 Å². The van der Waals surface area contributed by atoms with E-state index in [1.165, 1.54) is 0 Å². The molecule has 0 bridgehead atoms. The summed E-state index contributed by atoms with van der Waals surface area (Å²) >= 11 is 0. The summed E-state index contributed by atoms with van der Waals surface area (Å²) in [4.78, 5) is 11.2. The summed E-state index contributed by atoms with van der Waals surface area (Å²) in [6, 6.07) is 0. The van der Waals surface area contributed by atoms with Gasteiger partial charge in [0.2, 0.25) is 0 Å². The van der Waals surface area contributed by atoms with Gasteiger partial charge in [0.05, 0.1) is 0 Å². The molecule has 1 rings (SSSR count). The number of Topliss-reactive ketones (excluding diaryl/α,β-unsaturated/α-hetero) is 1. The quantitative estimate of drug-likeness (QED) is 0.728. The fourth-order valence-corrected chi connectivity index (χ4v) is 2.24. The highest BCUT2D eigenvalue weighted by atomic mass is 16.3. The van der Waals surface area contributed by atoms with Crippen molar-refractivity contribution in [1.29, 1.82) is 0 Å². The van der Waals surface area contributed by atoms with Crippen LogP contribution in [-0.4, -0.2) is 17.5 Å². The first-order valence-electron chi connectivity index (χ1n) is 5.28. The Labute approximate surface area is 80.3 Å². The van der Waals surface area contributed by atoms with Crippen LogP contribution in [0, 0.1) is 17.8 Å². The minimum Gasteiger partial charge on any atom is -0.389 e. The Balaban J connectivity index is 2.34. The number of carbonyl (C=O) groups excluding carboxylic acids is 1. The molecule has 0 saturated heterocycles. The highest BCUT2D eigenvalue weighted by Crippen LogP contribution is 2.33. The van der Waals surface area contributed by atoms with Gasteiger partial charge in [-0.05, 0) is 37.5 Å². The van der Waals surface area contributed by atoms with E-state index in [2.05, 4.69) is 13.8 Å². The molecule has 0 aromatic rings. The minimum absolute atomic E-state index is 0.0437. The third-order valence-corrected chi connectivity index (χ3v) is 3.33. The summed E-state index contributed by atoms with van der Waals surface area (Å²) in [7, 11) is 0. The number of rotatable bonds is 3. The molecule has 0 aliphatic heterocycles. The smallest absolute Gasteiger partial charge is 0.161 e. The lowest BCUT2D eigenvalue weighted by atomic mass is 9.76. The number of carbonyl (C=O) groups is 1. The molecule has 1 N–H and O–H groups in total. The van der Waals surface area contributed by atoms with Crippen molar-refractivity contribution >= 4 is 5.78 Å². The zero-order valence-corrected chi connectivity index (χ0v) is 8.62. The van der Waals surface area contributed by atoms with Crippen LogP contribution in [0.25, 0.3) is 0 Å². The lowest BCUT2D eigenvalue weighted by molar-refractivity contribution is -0.126. The predicted octanol–water partition coefficient (Wildman–Crippen LogP) is 2.01. The molecule has 13 heavy (non-hydrogen) atoms. The van der Waals surface area contributed by atoms with Gasteiger partial charge < -0.3 is 5.11 Å². The van der Waals surface area contributed by atoms with Crippen LogP contribution in [0.3, 0.4) is 0 Å². The van der Waals surface area contributed by atoms with E-state index in [9.17, 15) is 4.79 Å². The second-order valence-electron chi connectivity index (χ2n) is 4.48. The van der Waals surface area contributed by atoms with Gasteiger partial charge in [0, 0.05) is 5.92 Å². The summed E-state index contributed by atoms with van der Waals surface area (Å²) in [6.45, 7) is 4.23. The molecule has 1 saturated carbocycles. The fourth-order valence-electron chi connectivity index (χ4n) is 2.24. The molecule has 0 unspecified atom stereocenters. The van der Waals surface area contributed by atoms with Crippen LogP contribution >= 0.6 is 0 Å². The molecule has 1 fully saturated rings. The van der Waals surface area contributed by atoms with Crippen molar-refractivity contribution in [2.45, 2.75) is 39.5 Å². The Bertz CT molecular complexity index is 167. The summed E-state index contributed by atoms with van der Waals surface area (Å²) in [5, 5.41) is 8.71. The first kappa shape index (κ1) is 10.7. The minimum atomic E-state index is -0.267. The zero-order chi connectivity index (χ0) is 9.84. The molecule has 0 atom stereocenters. The maximum absolute atomic E-state index is 11.2. The highest BCUT2D eigenvalue weighted by molar-refractivity contribution is 5.81. The van der Waals surface area contributed by atoms with E-state index >= 15 is 0 Å². The molecule has 0 amide bonds. The van der Waals surface area contributed by atoms with E-state index in [0.717, 1.165) is 37.5 Å². The van der Waals surface area contributed by atoms with Crippen LogP contribution in [0.15, 0.2) is 0 Å². The SMILES string of the molecule is CC(C)[C@H]1CC[C@H](C(=O)CO)CC1. The Morgan fingerprint density at radius 1 is 1.31 bits per heavy atom. The number of ketones is 1. The number of aliphatic hydroxyl groups is 1. The summed E-state index contributed by atoms with van der Waals surface area (Å²) < 4.78 is 0. The normalized spacial score (nSPS) is 29.2. The fraction of sp³-hybridized carbons (Fsp3) is 0.909. The highest BCUT2D eigenvalue weighted by Gasteiger charge is 2.26. The van der Waals surface area contributed by atoms with Gasteiger partial charge >= 0.3 is 0 Å². The lowest BCUT2D eigenvalue weighted by Crippen LogP contribution is -2.25. The maximum Gasteiger partial charge on any atom is 0.161 e. The van der Waals surface area contributed by atoms with Crippen molar-refractivity contribution in [2.24, 2.45) is 17.8 Å². The Hall–Kier alpha value is -0.370. The zero-order valence-electron chi connectivity index (χ0n) is 8.62. The monoisotopic (exact) mass is 184 g/mol. The molecule has 0 spiro atoms. The molecule has 2 heteroatoms. The second kappa shape index (κ2) is 4.75. The first-order valence-corrected chi connectivity index (χ1v) is 5.28. The van der Waals surface area contributed by atoms with Gasteiger partial charge in [-0.15, -0.1) is 0 Å². The molecule has 76 valence electrons. The van der Waals surface area contributed by atoms with Gasteiger partial charge in [-0.1, -0.05) is 13.8 Å². The molecule has 0 heterocycles. The maximum atomic E-state index is 11.2. The molecule has 1 aliphatic rings. The van der Waals surface area contributed by atoms with E-state index in [1.54, 1.807) is 0 Å². The van der Waals surface area contributed by atoms with Gasteiger partial charge in [0.15, 0.2) is 5.78 Å². The van der Waals surface area contributed by atoms with E-state index < -0.39 is 0 Å². The molecular formula is C11H20O2. The second-order valence-corrected chi connectivity index (χ2v) is 4.48. The number of aliphatic hydroxyl groups excluding tert-OH is 1. The average Bonchev–Trinajstić information content (AvgIpc) is 2.17. The van der Waals surface area contributed by atoms with Crippen molar-refractivity contribution in [3.8, 4) is 0 Å². The molecule has 0 aromatic heterocycles. The Morgan fingerprint density at radius 3 is 2.23 bits per heavy atom. The van der Waals surface area contributed by atoms with Crippen LogP contribution in [0.4, 0.5) is 0 Å². The Kier molecular flexibility index (Phi) is 3.91. The third-order valence-electron chi connectivity index (χ3n) is 3.33. The van der Waals surface area contributed by atoms with Crippen molar-refractivity contribution < 1.29 is 9.90 Å². The average molecular weight is 184 g/mol. The predicted molar refractivity (Wildman–Crippen MR) is 52.4 cm³/mol. The van der Waals surface area contributed by atoms with Gasteiger partial charge in [-0.25, -0.2) is 0 Å². The van der Waals surface area contributed by atoms with Gasteiger partial charge in [0.25, 0.3) is 0 Å². The summed E-state index contributed by atoms with van der Waals surface area (Å²) in [5.41, 5.74) is 0. The standard InChI is InChI=1S/C11H20O2/c1-8(2)9-3-5-10(6-4-9)11(13)7-12/h8-10,12H,3-7H2,1-2H3/t9-,10-. The molecular weight excluding hydrogens is 164 g/mol.